The molecule has 0 atom stereocenters. The molecule has 0 N–H and O–H groups in total. The molecule has 0 radical (unpaired) electrons. The maximum Gasteiger partial charge on any atom is 0.410 e. The first-order valence-electron chi connectivity index (χ1n) is 7.29. The van der Waals surface area contributed by atoms with Gasteiger partial charge in [0, 0.05) is 12.1 Å². The molecule has 3 heterocycles. The molecule has 1 aliphatic heterocycles. The van der Waals surface area contributed by atoms with Crippen LogP contribution in [0.25, 0.3) is 11.6 Å². The van der Waals surface area contributed by atoms with Crippen LogP contribution >= 0.6 is 0 Å². The molecule has 1 aliphatic rings. The van der Waals surface area contributed by atoms with E-state index < -0.39 is 5.60 Å². The molecule has 118 valence electrons. The maximum absolute atomic E-state index is 12.2. The second-order valence-electron chi connectivity index (χ2n) is 6.38. The predicted octanol–water partition coefficient (Wildman–Crippen LogP) is 2.60. The lowest BCUT2D eigenvalue weighted by molar-refractivity contribution is 0.0194. The average molecular weight is 304 g/mol. The molecule has 0 unspecified atom stereocenters. The van der Waals surface area contributed by atoms with Crippen molar-refractivity contribution >= 4 is 6.09 Å². The van der Waals surface area contributed by atoms with Crippen molar-refractivity contribution < 1.29 is 13.9 Å². The third-order valence-electron chi connectivity index (χ3n) is 3.53. The Balaban J connectivity index is 1.83. The molecule has 0 saturated carbocycles. The highest BCUT2D eigenvalue weighted by molar-refractivity contribution is 5.68. The van der Waals surface area contributed by atoms with Crippen molar-refractivity contribution in [1.29, 1.82) is 0 Å². The minimum absolute atomic E-state index is 0.294. The van der Waals surface area contributed by atoms with Gasteiger partial charge in [-0.3, -0.25) is 4.68 Å². The SMILES string of the molecule is Cc1c(-c2ncco2)nn2c1CN(C(=O)OC(C)(C)C)CC2. The van der Waals surface area contributed by atoms with Crippen LogP contribution in [0.5, 0.6) is 0 Å². The lowest BCUT2D eigenvalue weighted by Gasteiger charge is -2.30. The van der Waals surface area contributed by atoms with Crippen LogP contribution in [0.3, 0.4) is 0 Å². The van der Waals surface area contributed by atoms with Gasteiger partial charge in [0.25, 0.3) is 0 Å². The van der Waals surface area contributed by atoms with Gasteiger partial charge in [-0.15, -0.1) is 0 Å². The first-order valence-corrected chi connectivity index (χ1v) is 7.29. The lowest BCUT2D eigenvalue weighted by atomic mass is 10.1. The third kappa shape index (κ3) is 2.70. The topological polar surface area (TPSA) is 73.4 Å². The lowest BCUT2D eigenvalue weighted by Crippen LogP contribution is -2.41. The van der Waals surface area contributed by atoms with Crippen molar-refractivity contribution in [2.24, 2.45) is 0 Å². The summed E-state index contributed by atoms with van der Waals surface area (Å²) in [5.41, 5.74) is 2.21. The van der Waals surface area contributed by atoms with Gasteiger partial charge in [-0.25, -0.2) is 9.78 Å². The summed E-state index contributed by atoms with van der Waals surface area (Å²) in [6.45, 7) is 9.26. The number of nitrogens with zero attached hydrogens (tertiary/aromatic N) is 4. The Bertz CT molecular complexity index is 682. The van der Waals surface area contributed by atoms with E-state index in [1.165, 1.54) is 6.26 Å². The van der Waals surface area contributed by atoms with Crippen molar-refractivity contribution in [2.45, 2.75) is 46.4 Å². The molecule has 0 bridgehead atoms. The number of hydrogen-bond donors (Lipinski definition) is 0. The molecular weight excluding hydrogens is 284 g/mol. The summed E-state index contributed by atoms with van der Waals surface area (Å²) in [7, 11) is 0. The number of rotatable bonds is 1. The zero-order valence-corrected chi connectivity index (χ0v) is 13.3. The van der Waals surface area contributed by atoms with Crippen molar-refractivity contribution in [3.05, 3.63) is 23.7 Å². The second kappa shape index (κ2) is 5.15. The molecule has 0 aliphatic carbocycles. The third-order valence-corrected chi connectivity index (χ3v) is 3.53. The Morgan fingerprint density at radius 3 is 2.77 bits per heavy atom. The number of aromatic nitrogens is 3. The highest BCUT2D eigenvalue weighted by Gasteiger charge is 2.29. The Hall–Kier alpha value is -2.31. The van der Waals surface area contributed by atoms with Gasteiger partial charge in [0.05, 0.1) is 25.0 Å². The van der Waals surface area contributed by atoms with E-state index in [9.17, 15) is 4.79 Å². The van der Waals surface area contributed by atoms with Crippen LogP contribution in [0.15, 0.2) is 16.9 Å². The molecule has 3 rings (SSSR count). The van der Waals surface area contributed by atoms with Crippen molar-refractivity contribution in [1.82, 2.24) is 19.7 Å². The molecule has 7 nitrogen and oxygen atoms in total. The Labute approximate surface area is 128 Å². The highest BCUT2D eigenvalue weighted by Crippen LogP contribution is 2.27. The van der Waals surface area contributed by atoms with E-state index in [2.05, 4.69) is 10.1 Å². The minimum atomic E-state index is -0.493. The Morgan fingerprint density at radius 1 is 1.36 bits per heavy atom. The molecule has 1 amide bonds. The standard InChI is InChI=1S/C15H20N4O3/c1-10-11-9-18(14(20)22-15(2,3)4)6-7-19(11)17-12(10)13-16-5-8-21-13/h5,8H,6-7,9H2,1-4H3. The smallest absolute Gasteiger partial charge is 0.410 e. The number of carbonyl (C=O) groups excluding carboxylic acids is 1. The van der Waals surface area contributed by atoms with Crippen LogP contribution < -0.4 is 0 Å². The van der Waals surface area contributed by atoms with Gasteiger partial charge in [-0.1, -0.05) is 0 Å². The number of amides is 1. The molecule has 0 fully saturated rings. The van der Waals surface area contributed by atoms with Crippen LogP contribution in [0.4, 0.5) is 4.79 Å². The zero-order valence-electron chi connectivity index (χ0n) is 13.3. The molecule has 2 aromatic rings. The van der Waals surface area contributed by atoms with E-state index in [-0.39, 0.29) is 6.09 Å². The summed E-state index contributed by atoms with van der Waals surface area (Å²) in [5.74, 6) is 0.503. The molecule has 22 heavy (non-hydrogen) atoms. The van der Waals surface area contributed by atoms with Gasteiger partial charge in [-0.2, -0.15) is 5.10 Å². The highest BCUT2D eigenvalue weighted by atomic mass is 16.6. The van der Waals surface area contributed by atoms with Crippen LogP contribution in [-0.4, -0.2) is 37.9 Å². The van der Waals surface area contributed by atoms with Crippen LogP contribution in [0.1, 0.15) is 32.0 Å². The number of ether oxygens (including phenoxy) is 1. The fraction of sp³-hybridized carbons (Fsp3) is 0.533. The first kappa shape index (κ1) is 14.6. The fourth-order valence-corrected chi connectivity index (χ4v) is 2.47. The van der Waals surface area contributed by atoms with E-state index >= 15 is 0 Å². The average Bonchev–Trinajstić information content (AvgIpc) is 3.05. The van der Waals surface area contributed by atoms with E-state index in [0.29, 0.717) is 25.5 Å². The fourth-order valence-electron chi connectivity index (χ4n) is 2.47. The summed E-state index contributed by atoms with van der Waals surface area (Å²) in [5, 5.41) is 4.54. The van der Waals surface area contributed by atoms with Crippen LogP contribution in [0.2, 0.25) is 0 Å². The van der Waals surface area contributed by atoms with Crippen molar-refractivity contribution in [3.63, 3.8) is 0 Å². The van der Waals surface area contributed by atoms with Gasteiger partial charge < -0.3 is 14.1 Å². The normalized spacial score (nSPS) is 14.8. The van der Waals surface area contributed by atoms with Crippen molar-refractivity contribution in [2.75, 3.05) is 6.54 Å². The quantitative estimate of drug-likeness (QED) is 0.809. The van der Waals surface area contributed by atoms with Gasteiger partial charge in [-0.05, 0) is 27.7 Å². The molecular formula is C15H20N4O3. The number of hydrogen-bond acceptors (Lipinski definition) is 5. The van der Waals surface area contributed by atoms with E-state index in [0.717, 1.165) is 17.0 Å². The van der Waals surface area contributed by atoms with E-state index in [1.807, 2.05) is 32.4 Å². The van der Waals surface area contributed by atoms with Gasteiger partial charge in [0.2, 0.25) is 5.89 Å². The number of oxazole rings is 1. The largest absolute Gasteiger partial charge is 0.444 e. The van der Waals surface area contributed by atoms with Gasteiger partial charge in [0.15, 0.2) is 5.69 Å². The molecule has 2 aromatic heterocycles. The number of carbonyl (C=O) groups is 1. The summed E-state index contributed by atoms with van der Waals surface area (Å²) in [6.07, 6.45) is 2.83. The predicted molar refractivity (Wildman–Crippen MR) is 79.1 cm³/mol. The van der Waals surface area contributed by atoms with Gasteiger partial charge >= 0.3 is 6.09 Å². The Morgan fingerprint density at radius 2 is 2.14 bits per heavy atom. The zero-order chi connectivity index (χ0) is 15.9. The molecule has 7 heteroatoms. The summed E-state index contributed by atoms with van der Waals surface area (Å²) >= 11 is 0. The van der Waals surface area contributed by atoms with Gasteiger partial charge in [0.1, 0.15) is 11.9 Å². The summed E-state index contributed by atoms with van der Waals surface area (Å²) in [6, 6.07) is 0. The summed E-state index contributed by atoms with van der Waals surface area (Å²) in [4.78, 5) is 18.1. The van der Waals surface area contributed by atoms with E-state index in [1.54, 1.807) is 11.1 Å². The maximum atomic E-state index is 12.2. The molecule has 0 aromatic carbocycles. The summed E-state index contributed by atoms with van der Waals surface area (Å²) < 4.78 is 12.7. The van der Waals surface area contributed by atoms with E-state index in [4.69, 9.17) is 9.15 Å². The minimum Gasteiger partial charge on any atom is -0.444 e. The first-order chi connectivity index (χ1) is 10.3. The molecule has 0 saturated heterocycles. The monoisotopic (exact) mass is 304 g/mol. The van der Waals surface area contributed by atoms with Crippen LogP contribution in [-0.2, 0) is 17.8 Å². The molecule has 0 spiro atoms. The second-order valence-corrected chi connectivity index (χ2v) is 6.38. The van der Waals surface area contributed by atoms with Crippen LogP contribution in [0, 0.1) is 6.92 Å². The Kier molecular flexibility index (Phi) is 3.42. The number of fused-ring (bicyclic) bond motifs is 1. The van der Waals surface area contributed by atoms with Crippen molar-refractivity contribution in [3.8, 4) is 11.6 Å².